The van der Waals surface area contributed by atoms with Gasteiger partial charge in [-0.25, -0.2) is 9.97 Å². The third-order valence-electron chi connectivity index (χ3n) is 3.90. The van der Waals surface area contributed by atoms with Gasteiger partial charge in [0.1, 0.15) is 12.1 Å². The number of fused-ring (bicyclic) bond motifs is 1. The minimum atomic E-state index is 0.0929. The Morgan fingerprint density at radius 1 is 1.32 bits per heavy atom. The Hall–Kier alpha value is -2.48. The van der Waals surface area contributed by atoms with Crippen molar-refractivity contribution in [3.63, 3.8) is 0 Å². The fourth-order valence-corrected chi connectivity index (χ4v) is 2.84. The first-order valence-electron chi connectivity index (χ1n) is 7.28. The predicted molar refractivity (Wildman–Crippen MR) is 80.5 cm³/mol. The minimum Gasteiger partial charge on any atom is -0.373 e. The van der Waals surface area contributed by atoms with Gasteiger partial charge in [0, 0.05) is 32.5 Å². The molecular weight excluding hydrogens is 282 g/mol. The molecule has 0 N–H and O–H groups in total. The Kier molecular flexibility index (Phi) is 3.23. The maximum atomic E-state index is 5.85. The number of aryl methyl sites for hydroxylation is 1. The summed E-state index contributed by atoms with van der Waals surface area (Å²) >= 11 is 0. The molecule has 0 saturated carbocycles. The van der Waals surface area contributed by atoms with Crippen LogP contribution >= 0.6 is 0 Å². The van der Waals surface area contributed by atoms with E-state index >= 15 is 0 Å². The SMILES string of the molecule is Cn1ncc2c(N3CCOC(Cn4cccn4)C3)ncnc21. The minimum absolute atomic E-state index is 0.0929. The van der Waals surface area contributed by atoms with Crippen molar-refractivity contribution in [3.8, 4) is 0 Å². The number of hydrogen-bond acceptors (Lipinski definition) is 6. The van der Waals surface area contributed by atoms with Gasteiger partial charge in [-0.2, -0.15) is 10.2 Å². The zero-order chi connectivity index (χ0) is 14.9. The lowest BCUT2D eigenvalue weighted by Crippen LogP contribution is -2.44. The van der Waals surface area contributed by atoms with Gasteiger partial charge in [0.25, 0.3) is 0 Å². The molecule has 0 aromatic carbocycles. The van der Waals surface area contributed by atoms with E-state index < -0.39 is 0 Å². The summed E-state index contributed by atoms with van der Waals surface area (Å²) in [4.78, 5) is 11.0. The monoisotopic (exact) mass is 299 g/mol. The van der Waals surface area contributed by atoms with Crippen LogP contribution in [-0.4, -0.2) is 55.3 Å². The molecular formula is C14H17N7O. The van der Waals surface area contributed by atoms with E-state index in [4.69, 9.17) is 4.74 Å². The number of ether oxygens (including phenoxy) is 1. The highest BCUT2D eigenvalue weighted by molar-refractivity contribution is 5.86. The molecule has 0 aliphatic carbocycles. The molecule has 1 aliphatic heterocycles. The Bertz CT molecular complexity index is 767. The molecule has 4 rings (SSSR count). The van der Waals surface area contributed by atoms with Crippen LogP contribution in [0, 0.1) is 0 Å². The van der Waals surface area contributed by atoms with E-state index in [1.54, 1.807) is 17.2 Å². The molecule has 4 heterocycles. The molecule has 1 saturated heterocycles. The van der Waals surface area contributed by atoms with Crippen LogP contribution in [0.5, 0.6) is 0 Å². The van der Waals surface area contributed by atoms with Crippen LogP contribution in [0.25, 0.3) is 11.0 Å². The van der Waals surface area contributed by atoms with E-state index in [-0.39, 0.29) is 6.10 Å². The first kappa shape index (κ1) is 13.2. The summed E-state index contributed by atoms with van der Waals surface area (Å²) in [6.07, 6.45) is 7.24. The van der Waals surface area contributed by atoms with Crippen LogP contribution < -0.4 is 4.90 Å². The van der Waals surface area contributed by atoms with Gasteiger partial charge in [-0.3, -0.25) is 9.36 Å². The Morgan fingerprint density at radius 3 is 3.14 bits per heavy atom. The maximum Gasteiger partial charge on any atom is 0.163 e. The van der Waals surface area contributed by atoms with Crippen molar-refractivity contribution in [2.75, 3.05) is 24.6 Å². The number of morpholine rings is 1. The van der Waals surface area contributed by atoms with Crippen LogP contribution in [0.3, 0.4) is 0 Å². The number of nitrogens with zero attached hydrogens (tertiary/aromatic N) is 7. The van der Waals surface area contributed by atoms with Crippen LogP contribution in [0.2, 0.25) is 0 Å². The van der Waals surface area contributed by atoms with Crippen molar-refractivity contribution in [3.05, 3.63) is 31.0 Å². The summed E-state index contributed by atoms with van der Waals surface area (Å²) in [7, 11) is 1.89. The summed E-state index contributed by atoms with van der Waals surface area (Å²) in [6.45, 7) is 3.01. The summed E-state index contributed by atoms with van der Waals surface area (Å²) < 4.78 is 9.52. The second kappa shape index (κ2) is 5.38. The molecule has 3 aromatic rings. The third kappa shape index (κ3) is 2.31. The standard InChI is InChI=1S/C14H17N7O/c1-19-13-12(7-18-19)14(16-10-15-13)20-5-6-22-11(8-20)9-21-4-2-3-17-21/h2-4,7,10-11H,5-6,8-9H2,1H3. The first-order valence-corrected chi connectivity index (χ1v) is 7.28. The van der Waals surface area contributed by atoms with Gasteiger partial charge in [-0.15, -0.1) is 0 Å². The van der Waals surface area contributed by atoms with Crippen molar-refractivity contribution in [1.82, 2.24) is 29.5 Å². The van der Waals surface area contributed by atoms with E-state index in [0.29, 0.717) is 6.61 Å². The Balaban J connectivity index is 1.58. The molecule has 0 spiro atoms. The maximum absolute atomic E-state index is 5.85. The first-order chi connectivity index (χ1) is 10.8. The van der Waals surface area contributed by atoms with Gasteiger partial charge in [-0.1, -0.05) is 0 Å². The average molecular weight is 299 g/mol. The van der Waals surface area contributed by atoms with E-state index in [9.17, 15) is 0 Å². The van der Waals surface area contributed by atoms with Crippen molar-refractivity contribution in [2.24, 2.45) is 7.05 Å². The van der Waals surface area contributed by atoms with Crippen LogP contribution in [0.4, 0.5) is 5.82 Å². The molecule has 114 valence electrons. The van der Waals surface area contributed by atoms with Crippen LogP contribution in [0.15, 0.2) is 31.0 Å². The Labute approximate surface area is 127 Å². The fraction of sp³-hybridized carbons (Fsp3) is 0.429. The third-order valence-corrected chi connectivity index (χ3v) is 3.90. The fourth-order valence-electron chi connectivity index (χ4n) is 2.84. The number of hydrogen-bond donors (Lipinski definition) is 0. The molecule has 1 aliphatic rings. The molecule has 8 heteroatoms. The second-order valence-electron chi connectivity index (χ2n) is 5.37. The zero-order valence-corrected chi connectivity index (χ0v) is 12.3. The van der Waals surface area contributed by atoms with E-state index in [2.05, 4.69) is 25.1 Å². The summed E-state index contributed by atoms with van der Waals surface area (Å²) in [5, 5.41) is 9.49. The average Bonchev–Trinajstić information content (AvgIpc) is 3.18. The molecule has 0 bridgehead atoms. The lowest BCUT2D eigenvalue weighted by molar-refractivity contribution is 0.0273. The smallest absolute Gasteiger partial charge is 0.163 e. The second-order valence-corrected chi connectivity index (χ2v) is 5.37. The van der Waals surface area contributed by atoms with E-state index in [0.717, 1.165) is 36.5 Å². The summed E-state index contributed by atoms with van der Waals surface area (Å²) in [5.74, 6) is 0.923. The zero-order valence-electron chi connectivity index (χ0n) is 12.3. The molecule has 22 heavy (non-hydrogen) atoms. The lowest BCUT2D eigenvalue weighted by atomic mass is 10.2. The molecule has 0 radical (unpaired) electrons. The highest BCUT2D eigenvalue weighted by atomic mass is 16.5. The lowest BCUT2D eigenvalue weighted by Gasteiger charge is -2.33. The number of rotatable bonds is 3. The topological polar surface area (TPSA) is 73.9 Å². The summed E-state index contributed by atoms with van der Waals surface area (Å²) in [5.41, 5.74) is 0.847. The Morgan fingerprint density at radius 2 is 2.27 bits per heavy atom. The molecule has 3 aromatic heterocycles. The molecule has 0 amide bonds. The van der Waals surface area contributed by atoms with Gasteiger partial charge < -0.3 is 9.64 Å². The van der Waals surface area contributed by atoms with E-state index in [1.807, 2.05) is 30.2 Å². The molecule has 1 unspecified atom stereocenters. The quantitative estimate of drug-likeness (QED) is 0.700. The summed E-state index contributed by atoms with van der Waals surface area (Å²) in [6, 6.07) is 1.92. The van der Waals surface area contributed by atoms with Crippen molar-refractivity contribution >= 4 is 16.9 Å². The van der Waals surface area contributed by atoms with Gasteiger partial charge in [0.05, 0.1) is 30.8 Å². The van der Waals surface area contributed by atoms with Gasteiger partial charge in [-0.05, 0) is 6.07 Å². The van der Waals surface area contributed by atoms with Gasteiger partial charge >= 0.3 is 0 Å². The highest BCUT2D eigenvalue weighted by Crippen LogP contribution is 2.24. The van der Waals surface area contributed by atoms with Gasteiger partial charge in [0.15, 0.2) is 5.65 Å². The molecule has 1 fully saturated rings. The predicted octanol–water partition coefficient (Wildman–Crippen LogP) is 0.465. The molecule has 8 nitrogen and oxygen atoms in total. The van der Waals surface area contributed by atoms with Crippen LogP contribution in [-0.2, 0) is 18.3 Å². The van der Waals surface area contributed by atoms with Crippen molar-refractivity contribution < 1.29 is 4.74 Å². The van der Waals surface area contributed by atoms with Gasteiger partial charge in [0.2, 0.25) is 0 Å². The number of anilines is 1. The van der Waals surface area contributed by atoms with Crippen LogP contribution in [0.1, 0.15) is 0 Å². The van der Waals surface area contributed by atoms with Crippen molar-refractivity contribution in [2.45, 2.75) is 12.6 Å². The molecule has 1 atom stereocenters. The normalized spacial score (nSPS) is 19.0. The largest absolute Gasteiger partial charge is 0.373 e. The number of aromatic nitrogens is 6. The highest BCUT2D eigenvalue weighted by Gasteiger charge is 2.24. The van der Waals surface area contributed by atoms with E-state index in [1.165, 1.54) is 0 Å². The van der Waals surface area contributed by atoms with Crippen molar-refractivity contribution in [1.29, 1.82) is 0 Å².